The van der Waals surface area contributed by atoms with Gasteiger partial charge in [-0.1, -0.05) is 0 Å². The summed E-state index contributed by atoms with van der Waals surface area (Å²) < 4.78 is 35.3. The van der Waals surface area contributed by atoms with Crippen molar-refractivity contribution < 1.29 is 22.7 Å². The number of morpholine rings is 1. The van der Waals surface area contributed by atoms with Crippen LogP contribution < -0.4 is 15.0 Å². The highest BCUT2D eigenvalue weighted by Crippen LogP contribution is 2.43. The highest BCUT2D eigenvalue weighted by atomic mass is 32.2. The summed E-state index contributed by atoms with van der Waals surface area (Å²) in [6, 6.07) is 1.44. The van der Waals surface area contributed by atoms with Crippen LogP contribution in [0.4, 0.5) is 11.5 Å². The van der Waals surface area contributed by atoms with E-state index < -0.39 is 20.5 Å². The molecule has 0 saturated carbocycles. The molecule has 2 atom stereocenters. The van der Waals surface area contributed by atoms with Gasteiger partial charge >= 0.3 is 0 Å². The lowest BCUT2D eigenvalue weighted by molar-refractivity contribution is 0.0481. The van der Waals surface area contributed by atoms with Crippen LogP contribution in [0.2, 0.25) is 0 Å². The van der Waals surface area contributed by atoms with Gasteiger partial charge in [0.05, 0.1) is 43.4 Å². The number of nitrogens with zero attached hydrogens (tertiary/aromatic N) is 5. The van der Waals surface area contributed by atoms with E-state index in [4.69, 9.17) is 9.47 Å². The van der Waals surface area contributed by atoms with Crippen LogP contribution in [0.3, 0.4) is 0 Å². The van der Waals surface area contributed by atoms with Crippen molar-refractivity contribution in [2.45, 2.75) is 37.6 Å². The number of rotatable bonds is 4. The molecule has 11 nitrogen and oxygen atoms in total. The molecule has 0 bridgehead atoms. The summed E-state index contributed by atoms with van der Waals surface area (Å²) in [6.07, 6.45) is 3.96. The quantitative estimate of drug-likeness (QED) is 0.714. The minimum Gasteiger partial charge on any atom is -0.486 e. The van der Waals surface area contributed by atoms with Crippen LogP contribution in [0.15, 0.2) is 18.5 Å². The summed E-state index contributed by atoms with van der Waals surface area (Å²) in [5.74, 6) is -0.0797. The molecule has 0 aromatic carbocycles. The van der Waals surface area contributed by atoms with E-state index in [1.165, 1.54) is 26.2 Å². The zero-order valence-electron chi connectivity index (χ0n) is 17.7. The van der Waals surface area contributed by atoms with E-state index in [0.29, 0.717) is 31.3 Å². The van der Waals surface area contributed by atoms with Gasteiger partial charge in [-0.3, -0.25) is 4.79 Å². The molecule has 2 aliphatic rings. The minimum absolute atomic E-state index is 0.0363. The molecule has 2 aromatic rings. The van der Waals surface area contributed by atoms with Crippen LogP contribution in [0.25, 0.3) is 0 Å². The Hall–Kier alpha value is -2.86. The Morgan fingerprint density at radius 3 is 2.68 bits per heavy atom. The molecule has 2 unspecified atom stereocenters. The maximum Gasteiger partial charge on any atom is 0.293 e. The second-order valence-corrected chi connectivity index (χ2v) is 10.7. The van der Waals surface area contributed by atoms with Crippen LogP contribution in [0, 0.1) is 0 Å². The second-order valence-electron chi connectivity index (χ2n) is 8.17. The van der Waals surface area contributed by atoms with Crippen molar-refractivity contribution in [2.75, 3.05) is 36.3 Å². The highest BCUT2D eigenvalue weighted by Gasteiger charge is 2.44. The lowest BCUT2D eigenvalue weighted by atomic mass is 10.0. The van der Waals surface area contributed by atoms with Crippen LogP contribution in [0.1, 0.15) is 37.1 Å². The largest absolute Gasteiger partial charge is 0.486 e. The smallest absolute Gasteiger partial charge is 0.293 e. The van der Waals surface area contributed by atoms with Gasteiger partial charge in [0.2, 0.25) is 5.82 Å². The Morgan fingerprint density at radius 1 is 1.23 bits per heavy atom. The van der Waals surface area contributed by atoms with E-state index in [1.807, 2.05) is 11.8 Å². The number of hydrogen-bond acceptors (Lipinski definition) is 10. The predicted molar refractivity (Wildman–Crippen MR) is 112 cm³/mol. The van der Waals surface area contributed by atoms with E-state index in [0.717, 1.165) is 6.26 Å². The Labute approximate surface area is 180 Å². The van der Waals surface area contributed by atoms with Gasteiger partial charge in [-0.25, -0.2) is 18.4 Å². The number of carbonyl (C=O) groups excluding carboxylic acids is 1. The van der Waals surface area contributed by atoms with Crippen molar-refractivity contribution in [3.05, 3.63) is 30.0 Å². The van der Waals surface area contributed by atoms with E-state index in [9.17, 15) is 13.2 Å². The lowest BCUT2D eigenvalue weighted by Gasteiger charge is -2.45. The van der Waals surface area contributed by atoms with Gasteiger partial charge in [-0.05, 0) is 26.8 Å². The number of aromatic nitrogens is 4. The fourth-order valence-electron chi connectivity index (χ4n) is 3.57. The molecule has 2 aromatic heterocycles. The van der Waals surface area contributed by atoms with Gasteiger partial charge in [0.25, 0.3) is 5.91 Å². The first kappa shape index (κ1) is 21.4. The first-order chi connectivity index (χ1) is 14.6. The van der Waals surface area contributed by atoms with E-state index in [1.54, 1.807) is 6.07 Å². The number of carbonyl (C=O) groups is 1. The molecule has 1 amide bonds. The van der Waals surface area contributed by atoms with Crippen molar-refractivity contribution in [1.29, 1.82) is 0 Å². The summed E-state index contributed by atoms with van der Waals surface area (Å²) in [5.41, 5.74) is 0.564. The molecular formula is C19H24N6O5S. The molecular weight excluding hydrogens is 424 g/mol. The first-order valence-corrected chi connectivity index (χ1v) is 11.7. The van der Waals surface area contributed by atoms with Crippen molar-refractivity contribution in [3.8, 4) is 5.75 Å². The topological polar surface area (TPSA) is 136 Å². The Bertz CT molecular complexity index is 1110. The molecule has 12 heteroatoms. The third-order valence-electron chi connectivity index (χ3n) is 5.59. The molecule has 0 aliphatic carbocycles. The van der Waals surface area contributed by atoms with Crippen LogP contribution in [-0.2, 0) is 19.3 Å². The van der Waals surface area contributed by atoms with Crippen LogP contribution >= 0.6 is 0 Å². The van der Waals surface area contributed by atoms with Crippen molar-refractivity contribution >= 4 is 27.2 Å². The fraction of sp³-hybridized carbons (Fsp3) is 0.526. The van der Waals surface area contributed by atoms with Gasteiger partial charge in [0, 0.05) is 6.26 Å². The van der Waals surface area contributed by atoms with Crippen LogP contribution in [0.5, 0.6) is 5.75 Å². The molecule has 0 spiro atoms. The van der Waals surface area contributed by atoms with Gasteiger partial charge in [0.15, 0.2) is 21.4 Å². The Balaban J connectivity index is 1.86. The predicted octanol–water partition coefficient (Wildman–Crippen LogP) is 0.785. The summed E-state index contributed by atoms with van der Waals surface area (Å²) in [6.45, 7) is 6.29. The van der Waals surface area contributed by atoms with E-state index in [2.05, 4.69) is 25.5 Å². The van der Waals surface area contributed by atoms with Gasteiger partial charge in [-0.15, -0.1) is 0 Å². The number of nitrogens with one attached hydrogen (secondary N) is 1. The summed E-state index contributed by atoms with van der Waals surface area (Å²) in [7, 11) is -3.60. The number of amides is 1. The van der Waals surface area contributed by atoms with Crippen LogP contribution in [-0.4, -0.2) is 72.7 Å². The summed E-state index contributed by atoms with van der Waals surface area (Å²) in [5, 5.41) is 10.1. The third-order valence-corrected chi connectivity index (χ3v) is 7.64. The summed E-state index contributed by atoms with van der Waals surface area (Å²) in [4.78, 5) is 23.8. The van der Waals surface area contributed by atoms with Gasteiger partial charge in [0.1, 0.15) is 17.0 Å². The third kappa shape index (κ3) is 3.81. The zero-order chi connectivity index (χ0) is 22.4. The number of anilines is 2. The Morgan fingerprint density at radius 2 is 2.00 bits per heavy atom. The number of ether oxygens (including phenoxy) is 2. The molecule has 31 heavy (non-hydrogen) atoms. The number of fused-ring (bicyclic) bond motifs is 3. The monoisotopic (exact) mass is 448 g/mol. The standard InChI is InChI=1S/C19H24N6O5S/c1-11-8-29-9-13-10-30-14-15(19(2,3)31(4,27)28)23-16(24-17(14)25(11)13)18(26)22-12-5-6-20-21-7-12/h5-7,11,13H,8-10H2,1-4H3,(H,20,22,26). The molecule has 0 radical (unpaired) electrons. The minimum atomic E-state index is -3.60. The van der Waals surface area contributed by atoms with E-state index >= 15 is 0 Å². The molecule has 4 heterocycles. The summed E-state index contributed by atoms with van der Waals surface area (Å²) >= 11 is 0. The van der Waals surface area contributed by atoms with Gasteiger partial charge < -0.3 is 19.7 Å². The number of hydrogen-bond donors (Lipinski definition) is 1. The zero-order valence-corrected chi connectivity index (χ0v) is 18.5. The average Bonchev–Trinajstić information content (AvgIpc) is 2.72. The van der Waals surface area contributed by atoms with E-state index in [-0.39, 0.29) is 29.4 Å². The molecule has 1 saturated heterocycles. The SMILES string of the molecule is CC1COCC2COc3c(nc(C(=O)Nc4ccnnc4)nc3C(C)(C)S(C)(=O)=O)N12. The average molecular weight is 449 g/mol. The van der Waals surface area contributed by atoms with Crippen molar-refractivity contribution in [2.24, 2.45) is 0 Å². The molecule has 1 fully saturated rings. The van der Waals surface area contributed by atoms with Crippen molar-refractivity contribution in [1.82, 2.24) is 20.2 Å². The number of sulfone groups is 1. The molecule has 1 N–H and O–H groups in total. The van der Waals surface area contributed by atoms with Gasteiger partial charge in [-0.2, -0.15) is 10.2 Å². The maximum absolute atomic E-state index is 13.0. The second kappa shape index (κ2) is 7.68. The first-order valence-electron chi connectivity index (χ1n) is 9.78. The normalized spacial score (nSPS) is 21.0. The molecule has 166 valence electrons. The molecule has 4 rings (SSSR count). The molecule has 2 aliphatic heterocycles. The maximum atomic E-state index is 13.0. The highest BCUT2D eigenvalue weighted by molar-refractivity contribution is 7.91. The Kier molecular flexibility index (Phi) is 5.30. The lowest BCUT2D eigenvalue weighted by Crippen LogP contribution is -2.56. The fourth-order valence-corrected chi connectivity index (χ4v) is 4.06. The van der Waals surface area contributed by atoms with Crippen molar-refractivity contribution in [3.63, 3.8) is 0 Å².